The average Bonchev–Trinajstić information content (AvgIpc) is 2.95. The lowest BCUT2D eigenvalue weighted by molar-refractivity contribution is -0.137. The van der Waals surface area contributed by atoms with E-state index in [9.17, 15) is 18.3 Å². The summed E-state index contributed by atoms with van der Waals surface area (Å²) in [6, 6.07) is 4.42. The quantitative estimate of drug-likeness (QED) is 0.917. The van der Waals surface area contributed by atoms with Crippen LogP contribution in [0.1, 0.15) is 44.8 Å². The molecule has 1 N–H and O–H groups in total. The van der Waals surface area contributed by atoms with Gasteiger partial charge in [-0.2, -0.15) is 13.2 Å². The molecule has 7 heteroatoms. The second-order valence-corrected chi connectivity index (χ2v) is 5.77. The zero-order valence-electron chi connectivity index (χ0n) is 12.5. The second kappa shape index (κ2) is 5.72. The Kier molecular flexibility index (Phi) is 4.28. The van der Waals surface area contributed by atoms with Gasteiger partial charge in [0.25, 0.3) is 0 Å². The number of alkyl halides is 3. The molecule has 0 bridgehead atoms. The Bertz CT molecular complexity index is 633. The molecule has 0 aliphatic heterocycles. The fourth-order valence-corrected chi connectivity index (χ4v) is 1.79. The zero-order valence-corrected chi connectivity index (χ0v) is 12.5. The molecule has 0 fully saturated rings. The van der Waals surface area contributed by atoms with Gasteiger partial charge in [0, 0.05) is 5.56 Å². The van der Waals surface area contributed by atoms with E-state index >= 15 is 0 Å². The molecule has 0 spiro atoms. The van der Waals surface area contributed by atoms with Crippen molar-refractivity contribution < 1.29 is 22.7 Å². The summed E-state index contributed by atoms with van der Waals surface area (Å²) in [5.74, 6) is 0.136. The molecule has 1 aromatic heterocycles. The first kappa shape index (κ1) is 16.5. The third-order valence-electron chi connectivity index (χ3n) is 3.79. The summed E-state index contributed by atoms with van der Waals surface area (Å²) in [6.45, 7) is 5.65. The van der Waals surface area contributed by atoms with E-state index in [4.69, 9.17) is 4.42 Å². The fourth-order valence-electron chi connectivity index (χ4n) is 1.79. The third-order valence-corrected chi connectivity index (χ3v) is 3.79. The maximum atomic E-state index is 12.5. The van der Waals surface area contributed by atoms with Crippen LogP contribution in [0.4, 0.5) is 13.2 Å². The van der Waals surface area contributed by atoms with E-state index in [2.05, 4.69) is 10.2 Å². The van der Waals surface area contributed by atoms with Crippen molar-refractivity contribution in [3.63, 3.8) is 0 Å². The lowest BCUT2D eigenvalue weighted by Gasteiger charge is -2.26. The van der Waals surface area contributed by atoms with Crippen molar-refractivity contribution in [2.75, 3.05) is 0 Å². The molecule has 2 rings (SSSR count). The molecule has 1 atom stereocenters. The molecule has 0 amide bonds. The van der Waals surface area contributed by atoms with E-state index in [0.717, 1.165) is 12.1 Å². The van der Waals surface area contributed by atoms with Gasteiger partial charge < -0.3 is 9.52 Å². The van der Waals surface area contributed by atoms with Crippen LogP contribution in [0.25, 0.3) is 11.5 Å². The number of aromatic nitrogens is 2. The highest BCUT2D eigenvalue weighted by molar-refractivity contribution is 5.53. The van der Waals surface area contributed by atoms with Gasteiger partial charge in [-0.25, -0.2) is 0 Å². The first-order valence-corrected chi connectivity index (χ1v) is 6.84. The molecule has 1 aromatic carbocycles. The summed E-state index contributed by atoms with van der Waals surface area (Å²) in [6.07, 6.45) is -4.63. The van der Waals surface area contributed by atoms with Crippen LogP contribution >= 0.6 is 0 Å². The average molecular weight is 314 g/mol. The van der Waals surface area contributed by atoms with Gasteiger partial charge in [0.05, 0.1) is 5.56 Å². The highest BCUT2D eigenvalue weighted by atomic mass is 19.4. The molecule has 0 saturated heterocycles. The van der Waals surface area contributed by atoms with Crippen molar-refractivity contribution in [2.24, 2.45) is 5.41 Å². The molecule has 0 aliphatic carbocycles. The van der Waals surface area contributed by atoms with Crippen LogP contribution in [0.3, 0.4) is 0 Å². The maximum absolute atomic E-state index is 12.5. The van der Waals surface area contributed by atoms with Crippen molar-refractivity contribution in [1.29, 1.82) is 0 Å². The van der Waals surface area contributed by atoms with Gasteiger partial charge in [-0.3, -0.25) is 0 Å². The van der Waals surface area contributed by atoms with Crippen molar-refractivity contribution in [3.05, 3.63) is 35.7 Å². The number of rotatable bonds is 4. The van der Waals surface area contributed by atoms with E-state index in [1.807, 2.05) is 20.8 Å². The van der Waals surface area contributed by atoms with Gasteiger partial charge in [0.1, 0.15) is 6.10 Å². The summed E-state index contributed by atoms with van der Waals surface area (Å²) in [5, 5.41) is 17.8. The van der Waals surface area contributed by atoms with E-state index in [-0.39, 0.29) is 11.8 Å². The number of hydrogen-bond donors (Lipinski definition) is 1. The molecule has 0 aliphatic rings. The first-order valence-electron chi connectivity index (χ1n) is 6.84. The normalized spacial score (nSPS) is 14.1. The number of aliphatic hydroxyl groups is 1. The highest BCUT2D eigenvalue weighted by Crippen LogP contribution is 2.36. The van der Waals surface area contributed by atoms with Gasteiger partial charge >= 0.3 is 6.18 Å². The van der Waals surface area contributed by atoms with Gasteiger partial charge in [-0.1, -0.05) is 20.8 Å². The summed E-state index contributed by atoms with van der Waals surface area (Å²) >= 11 is 0. The first-order chi connectivity index (χ1) is 10.1. The second-order valence-electron chi connectivity index (χ2n) is 5.77. The van der Waals surface area contributed by atoms with Gasteiger partial charge in [-0.15, -0.1) is 10.2 Å². The third kappa shape index (κ3) is 3.30. The summed E-state index contributed by atoms with van der Waals surface area (Å²) in [5.41, 5.74) is -0.819. The Morgan fingerprint density at radius 1 is 1.14 bits per heavy atom. The fraction of sp³-hybridized carbons (Fsp3) is 0.467. The molecule has 22 heavy (non-hydrogen) atoms. The Balaban J connectivity index is 2.25. The van der Waals surface area contributed by atoms with Crippen molar-refractivity contribution >= 4 is 0 Å². The Labute approximate surface area is 126 Å². The molecule has 4 nitrogen and oxygen atoms in total. The lowest BCUT2D eigenvalue weighted by Crippen LogP contribution is -2.21. The Morgan fingerprint density at radius 2 is 1.73 bits per heavy atom. The van der Waals surface area contributed by atoms with E-state index in [1.54, 1.807) is 0 Å². The van der Waals surface area contributed by atoms with Crippen LogP contribution in [0, 0.1) is 5.41 Å². The van der Waals surface area contributed by atoms with Gasteiger partial charge in [0.15, 0.2) is 0 Å². The number of halogens is 3. The standard InChI is InChI=1S/C15H17F3N2O2/c1-4-14(2,3)11(21)13-20-19-12(22-13)9-5-7-10(8-6-9)15(16,17)18/h5-8,11,21H,4H2,1-3H3/t11-/m1/s1. The lowest BCUT2D eigenvalue weighted by atomic mass is 9.84. The van der Waals surface area contributed by atoms with E-state index in [0.29, 0.717) is 12.0 Å². The minimum Gasteiger partial charge on any atom is -0.418 e. The number of benzene rings is 1. The summed E-state index contributed by atoms with van der Waals surface area (Å²) in [4.78, 5) is 0. The predicted molar refractivity (Wildman–Crippen MR) is 73.8 cm³/mol. The maximum Gasteiger partial charge on any atom is 0.416 e. The van der Waals surface area contributed by atoms with Crippen molar-refractivity contribution in [3.8, 4) is 11.5 Å². The van der Waals surface area contributed by atoms with Crippen LogP contribution in [0.5, 0.6) is 0 Å². The van der Waals surface area contributed by atoms with Gasteiger partial charge in [0.2, 0.25) is 11.8 Å². The molecule has 0 unspecified atom stereocenters. The number of hydrogen-bond acceptors (Lipinski definition) is 4. The highest BCUT2D eigenvalue weighted by Gasteiger charge is 2.32. The number of aliphatic hydroxyl groups excluding tert-OH is 1. The van der Waals surface area contributed by atoms with Crippen LogP contribution < -0.4 is 0 Å². The largest absolute Gasteiger partial charge is 0.418 e. The Morgan fingerprint density at radius 3 is 2.23 bits per heavy atom. The Hall–Kier alpha value is -1.89. The summed E-state index contributed by atoms with van der Waals surface area (Å²) in [7, 11) is 0. The van der Waals surface area contributed by atoms with Crippen LogP contribution in [-0.4, -0.2) is 15.3 Å². The predicted octanol–water partition coefficient (Wildman–Crippen LogP) is 4.23. The molecular formula is C15H17F3N2O2. The molecule has 120 valence electrons. The van der Waals surface area contributed by atoms with Crippen LogP contribution in [-0.2, 0) is 6.18 Å². The van der Waals surface area contributed by atoms with Crippen molar-refractivity contribution in [1.82, 2.24) is 10.2 Å². The molecule has 2 aromatic rings. The molecule has 0 radical (unpaired) electrons. The molecule has 1 heterocycles. The zero-order chi connectivity index (χ0) is 16.5. The monoisotopic (exact) mass is 314 g/mol. The molecular weight excluding hydrogens is 297 g/mol. The summed E-state index contributed by atoms with van der Waals surface area (Å²) < 4.78 is 42.9. The van der Waals surface area contributed by atoms with Crippen LogP contribution in [0.15, 0.2) is 28.7 Å². The smallest absolute Gasteiger partial charge is 0.416 e. The van der Waals surface area contributed by atoms with E-state index in [1.165, 1.54) is 12.1 Å². The minimum atomic E-state index is -4.39. The molecule has 0 saturated carbocycles. The topological polar surface area (TPSA) is 59.2 Å². The van der Waals surface area contributed by atoms with Gasteiger partial charge in [-0.05, 0) is 36.1 Å². The minimum absolute atomic E-state index is 0.0572. The van der Waals surface area contributed by atoms with Crippen LogP contribution in [0.2, 0.25) is 0 Å². The number of nitrogens with zero attached hydrogens (tertiary/aromatic N) is 2. The van der Waals surface area contributed by atoms with Crippen molar-refractivity contribution in [2.45, 2.75) is 39.5 Å². The van der Waals surface area contributed by atoms with E-state index < -0.39 is 23.3 Å². The SMILES string of the molecule is CCC(C)(C)[C@H](O)c1nnc(-c2ccc(C(F)(F)F)cc2)o1.